The van der Waals surface area contributed by atoms with Crippen LogP contribution in [-0.2, 0) is 0 Å². The van der Waals surface area contributed by atoms with Gasteiger partial charge in [0.25, 0.3) is 5.56 Å². The first kappa shape index (κ1) is 20.1. The van der Waals surface area contributed by atoms with Crippen molar-refractivity contribution in [2.24, 2.45) is 0 Å². The number of hydrogen-bond acceptors (Lipinski definition) is 5. The Labute approximate surface area is 185 Å². The third kappa shape index (κ3) is 3.13. The smallest absolute Gasteiger partial charge is 0.266 e. The molecule has 1 saturated carbocycles. The van der Waals surface area contributed by atoms with Crippen LogP contribution in [-0.4, -0.2) is 28.8 Å². The van der Waals surface area contributed by atoms with Crippen molar-refractivity contribution in [3.63, 3.8) is 0 Å². The number of aliphatic hydroxyl groups is 1. The monoisotopic (exact) mass is 437 g/mol. The highest BCUT2D eigenvalue weighted by Gasteiger charge is 2.35. The molecule has 1 unspecified atom stereocenters. The van der Waals surface area contributed by atoms with Gasteiger partial charge in [0, 0.05) is 24.2 Å². The quantitative estimate of drug-likeness (QED) is 0.642. The van der Waals surface area contributed by atoms with Crippen molar-refractivity contribution < 1.29 is 9.84 Å². The fraction of sp³-hybridized carbons (Fsp3) is 0.333. The summed E-state index contributed by atoms with van der Waals surface area (Å²) in [5.74, 6) is 1.97. The van der Waals surface area contributed by atoms with Gasteiger partial charge < -0.3 is 14.7 Å². The van der Waals surface area contributed by atoms with Crippen molar-refractivity contribution in [1.82, 2.24) is 9.55 Å². The average molecular weight is 438 g/mol. The van der Waals surface area contributed by atoms with E-state index in [0.717, 1.165) is 37.2 Å². The number of rotatable bonds is 3. The summed E-state index contributed by atoms with van der Waals surface area (Å²) in [6, 6.07) is 12.9. The Morgan fingerprint density at radius 1 is 1.16 bits per heavy atom. The molecule has 0 saturated heterocycles. The summed E-state index contributed by atoms with van der Waals surface area (Å²) >= 11 is 6.39. The molecule has 1 aliphatic heterocycles. The molecule has 6 nitrogen and oxygen atoms in total. The molecule has 2 aromatic carbocycles. The van der Waals surface area contributed by atoms with Gasteiger partial charge in [-0.05, 0) is 37.1 Å². The summed E-state index contributed by atoms with van der Waals surface area (Å²) in [6.07, 6.45) is 3.15. The van der Waals surface area contributed by atoms with E-state index in [1.54, 1.807) is 23.8 Å². The average Bonchev–Trinajstić information content (AvgIpc) is 3.31. The zero-order valence-corrected chi connectivity index (χ0v) is 18.3. The van der Waals surface area contributed by atoms with Crippen molar-refractivity contribution >= 4 is 23.1 Å². The minimum absolute atomic E-state index is 0.182. The molecule has 1 aromatic heterocycles. The third-order valence-corrected chi connectivity index (χ3v) is 6.72. The van der Waals surface area contributed by atoms with Crippen molar-refractivity contribution in [3.05, 3.63) is 74.8 Å². The lowest BCUT2D eigenvalue weighted by Gasteiger charge is -2.33. The molecule has 0 radical (unpaired) electrons. The number of aromatic nitrogens is 2. The van der Waals surface area contributed by atoms with E-state index in [9.17, 15) is 9.90 Å². The zero-order valence-electron chi connectivity index (χ0n) is 17.5. The molecule has 0 spiro atoms. The molecule has 31 heavy (non-hydrogen) atoms. The number of hydrogen-bond donors (Lipinski definition) is 1. The second-order valence-corrected chi connectivity index (χ2v) is 8.58. The zero-order chi connectivity index (χ0) is 21.7. The van der Waals surface area contributed by atoms with Gasteiger partial charge in [0.15, 0.2) is 0 Å². The van der Waals surface area contributed by atoms with Crippen LogP contribution in [0.5, 0.6) is 5.75 Å². The third-order valence-electron chi connectivity index (χ3n) is 6.42. The van der Waals surface area contributed by atoms with Gasteiger partial charge in [-0.3, -0.25) is 9.36 Å². The molecular weight excluding hydrogens is 414 g/mol. The minimum atomic E-state index is -1.04. The highest BCUT2D eigenvalue weighted by Crippen LogP contribution is 2.43. The maximum Gasteiger partial charge on any atom is 0.266 e. The second kappa shape index (κ2) is 7.70. The lowest BCUT2D eigenvalue weighted by molar-refractivity contribution is 0.216. The van der Waals surface area contributed by atoms with Gasteiger partial charge in [-0.2, -0.15) is 0 Å². The first-order chi connectivity index (χ1) is 15.0. The van der Waals surface area contributed by atoms with E-state index in [2.05, 4.69) is 0 Å². The molecule has 1 N–H and O–H groups in total. The Balaban J connectivity index is 1.78. The maximum absolute atomic E-state index is 13.9. The molecule has 5 rings (SSSR count). The number of aliphatic hydroxyl groups excluding tert-OH is 1. The fourth-order valence-corrected chi connectivity index (χ4v) is 5.08. The van der Waals surface area contributed by atoms with Crippen LogP contribution in [0.1, 0.15) is 54.7 Å². The SMILES string of the molecule is COc1ccc(-n2c(C3CCCC3)nc3c(c2=O)C(O)c2ccccc2N3C)cc1Cl. The van der Waals surface area contributed by atoms with Crippen LogP contribution < -0.4 is 15.2 Å². The number of halogens is 1. The Morgan fingerprint density at radius 2 is 1.90 bits per heavy atom. The van der Waals surface area contributed by atoms with Gasteiger partial charge in [0.05, 0.1) is 23.4 Å². The van der Waals surface area contributed by atoms with E-state index >= 15 is 0 Å². The normalized spacial score (nSPS) is 18.1. The van der Waals surface area contributed by atoms with Crippen LogP contribution in [0.2, 0.25) is 5.02 Å². The number of para-hydroxylation sites is 1. The van der Waals surface area contributed by atoms with Crippen LogP contribution in [0.3, 0.4) is 0 Å². The number of fused-ring (bicyclic) bond motifs is 2. The largest absolute Gasteiger partial charge is 0.495 e. The van der Waals surface area contributed by atoms with E-state index in [0.29, 0.717) is 27.8 Å². The number of ether oxygens (including phenoxy) is 1. The molecule has 2 aliphatic rings. The Bertz CT molecular complexity index is 1220. The predicted octanol–water partition coefficient (Wildman–Crippen LogP) is 4.72. The molecule has 0 amide bonds. The van der Waals surface area contributed by atoms with Gasteiger partial charge in [0.1, 0.15) is 23.5 Å². The van der Waals surface area contributed by atoms with Gasteiger partial charge in [-0.15, -0.1) is 0 Å². The molecule has 1 aliphatic carbocycles. The molecule has 1 atom stereocenters. The van der Waals surface area contributed by atoms with E-state index < -0.39 is 6.10 Å². The van der Waals surface area contributed by atoms with Gasteiger partial charge in [0.2, 0.25) is 0 Å². The lowest BCUT2D eigenvalue weighted by Crippen LogP contribution is -2.35. The number of nitrogens with zero attached hydrogens (tertiary/aromatic N) is 3. The Kier molecular flexibility index (Phi) is 4.99. The van der Waals surface area contributed by atoms with E-state index in [4.69, 9.17) is 21.3 Å². The molecular formula is C24H24ClN3O3. The highest BCUT2D eigenvalue weighted by molar-refractivity contribution is 6.32. The molecule has 0 bridgehead atoms. The first-order valence-corrected chi connectivity index (χ1v) is 10.9. The lowest BCUT2D eigenvalue weighted by atomic mass is 9.95. The van der Waals surface area contributed by atoms with Crippen LogP contribution in [0.4, 0.5) is 11.5 Å². The summed E-state index contributed by atoms with van der Waals surface area (Å²) in [6.45, 7) is 0. The van der Waals surface area contributed by atoms with Gasteiger partial charge in [-0.25, -0.2) is 4.98 Å². The summed E-state index contributed by atoms with van der Waals surface area (Å²) in [5.41, 5.74) is 2.21. The van der Waals surface area contributed by atoms with Crippen molar-refractivity contribution in [2.45, 2.75) is 37.7 Å². The summed E-state index contributed by atoms with van der Waals surface area (Å²) in [4.78, 5) is 20.8. The van der Waals surface area contributed by atoms with Crippen molar-refractivity contribution in [1.29, 1.82) is 0 Å². The van der Waals surface area contributed by atoms with Crippen LogP contribution >= 0.6 is 11.6 Å². The second-order valence-electron chi connectivity index (χ2n) is 8.17. The van der Waals surface area contributed by atoms with Gasteiger partial charge >= 0.3 is 0 Å². The predicted molar refractivity (Wildman–Crippen MR) is 121 cm³/mol. The highest BCUT2D eigenvalue weighted by atomic mass is 35.5. The van der Waals surface area contributed by atoms with Gasteiger partial charge in [-0.1, -0.05) is 42.6 Å². The Morgan fingerprint density at radius 3 is 2.61 bits per heavy atom. The fourth-order valence-electron chi connectivity index (χ4n) is 4.83. The number of benzene rings is 2. The molecule has 7 heteroatoms. The van der Waals surface area contributed by atoms with Crippen LogP contribution in [0.25, 0.3) is 5.69 Å². The summed E-state index contributed by atoms with van der Waals surface area (Å²) in [7, 11) is 3.45. The van der Waals surface area contributed by atoms with Crippen molar-refractivity contribution in [3.8, 4) is 11.4 Å². The topological polar surface area (TPSA) is 67.6 Å². The number of anilines is 2. The molecule has 2 heterocycles. The van der Waals surface area contributed by atoms with Crippen molar-refractivity contribution in [2.75, 3.05) is 19.1 Å². The Hall–Kier alpha value is -2.83. The van der Waals surface area contributed by atoms with Crippen LogP contribution in [0, 0.1) is 0 Å². The van der Waals surface area contributed by atoms with E-state index in [1.807, 2.05) is 42.3 Å². The summed E-state index contributed by atoms with van der Waals surface area (Å²) < 4.78 is 6.91. The minimum Gasteiger partial charge on any atom is -0.495 e. The maximum atomic E-state index is 13.9. The molecule has 1 fully saturated rings. The van der Waals surface area contributed by atoms with E-state index in [1.165, 1.54) is 0 Å². The van der Waals surface area contributed by atoms with E-state index in [-0.39, 0.29) is 17.0 Å². The standard InChI is InChI=1S/C24H24ClN3O3/c1-27-18-10-6-5-9-16(18)21(29)20-23(27)26-22(14-7-3-4-8-14)28(24(20)30)15-11-12-19(31-2)17(25)13-15/h5-6,9-14,21,29H,3-4,7-8H2,1-2H3. The summed E-state index contributed by atoms with van der Waals surface area (Å²) in [5, 5.41) is 11.6. The first-order valence-electron chi connectivity index (χ1n) is 10.5. The molecule has 3 aromatic rings. The molecule has 160 valence electrons. The van der Waals surface area contributed by atoms with Crippen LogP contribution in [0.15, 0.2) is 47.3 Å². The number of methoxy groups -OCH3 is 1.